The maximum absolute atomic E-state index is 12.4. The van der Waals surface area contributed by atoms with Gasteiger partial charge in [0, 0.05) is 39.0 Å². The molecule has 6 heteroatoms. The minimum Gasteiger partial charge on any atom is -0.495 e. The van der Waals surface area contributed by atoms with Crippen molar-refractivity contribution in [1.82, 2.24) is 4.90 Å². The van der Waals surface area contributed by atoms with Crippen molar-refractivity contribution < 1.29 is 14.3 Å². The SMILES string of the molecule is COc1ccccc1N1CCN(C(=O)CCC(=O)c2cccs2)CC1. The highest BCUT2D eigenvalue weighted by Crippen LogP contribution is 2.28. The first-order valence-corrected chi connectivity index (χ1v) is 9.29. The largest absolute Gasteiger partial charge is 0.495 e. The molecule has 2 heterocycles. The lowest BCUT2D eigenvalue weighted by Gasteiger charge is -2.36. The molecule has 3 rings (SSSR count). The highest BCUT2D eigenvalue weighted by molar-refractivity contribution is 7.12. The number of Topliss-reactive ketones (excluding diaryl/α,β-unsaturated/α-hetero) is 1. The Labute approximate surface area is 151 Å². The lowest BCUT2D eigenvalue weighted by molar-refractivity contribution is -0.131. The van der Waals surface area contributed by atoms with Gasteiger partial charge in [-0.15, -0.1) is 11.3 Å². The fraction of sp³-hybridized carbons (Fsp3) is 0.368. The summed E-state index contributed by atoms with van der Waals surface area (Å²) in [6.45, 7) is 2.88. The number of carbonyl (C=O) groups excluding carboxylic acids is 2. The Bertz CT molecular complexity index is 722. The molecule has 0 saturated carbocycles. The number of rotatable bonds is 6. The summed E-state index contributed by atoms with van der Waals surface area (Å²) in [6, 6.07) is 11.6. The second-order valence-corrected chi connectivity index (χ2v) is 6.89. The van der Waals surface area contributed by atoms with E-state index in [9.17, 15) is 9.59 Å². The van der Waals surface area contributed by atoms with Gasteiger partial charge in [-0.1, -0.05) is 18.2 Å². The molecule has 25 heavy (non-hydrogen) atoms. The molecule has 0 atom stereocenters. The zero-order chi connectivity index (χ0) is 17.6. The third-order valence-corrected chi connectivity index (χ3v) is 5.33. The van der Waals surface area contributed by atoms with Gasteiger partial charge in [-0.05, 0) is 23.6 Å². The van der Waals surface area contributed by atoms with Gasteiger partial charge in [-0.3, -0.25) is 9.59 Å². The molecule has 1 aromatic carbocycles. The summed E-state index contributed by atoms with van der Waals surface area (Å²) in [5.41, 5.74) is 1.06. The molecule has 0 bridgehead atoms. The molecule has 1 aromatic heterocycles. The number of para-hydroxylation sites is 2. The fourth-order valence-electron chi connectivity index (χ4n) is 3.03. The number of ketones is 1. The normalized spacial score (nSPS) is 14.4. The van der Waals surface area contributed by atoms with Crippen molar-refractivity contribution in [3.05, 3.63) is 46.7 Å². The summed E-state index contributed by atoms with van der Waals surface area (Å²) >= 11 is 1.43. The third-order valence-electron chi connectivity index (χ3n) is 4.42. The molecule has 1 fully saturated rings. The van der Waals surface area contributed by atoms with Crippen LogP contribution in [0, 0.1) is 0 Å². The predicted octanol–water partition coefficient (Wildman–Crippen LogP) is 3.07. The Morgan fingerprint density at radius 3 is 2.48 bits per heavy atom. The number of methoxy groups -OCH3 is 1. The molecule has 1 aliphatic rings. The smallest absolute Gasteiger partial charge is 0.223 e. The molecule has 1 aliphatic heterocycles. The summed E-state index contributed by atoms with van der Waals surface area (Å²) < 4.78 is 5.41. The van der Waals surface area contributed by atoms with E-state index in [0.717, 1.165) is 29.4 Å². The number of nitrogens with zero attached hydrogens (tertiary/aromatic N) is 2. The van der Waals surface area contributed by atoms with Crippen LogP contribution in [0.3, 0.4) is 0 Å². The topological polar surface area (TPSA) is 49.9 Å². The van der Waals surface area contributed by atoms with Crippen molar-refractivity contribution in [1.29, 1.82) is 0 Å². The van der Waals surface area contributed by atoms with Crippen LogP contribution in [-0.4, -0.2) is 49.9 Å². The maximum atomic E-state index is 12.4. The number of benzene rings is 1. The molecule has 0 unspecified atom stereocenters. The van der Waals surface area contributed by atoms with E-state index in [2.05, 4.69) is 4.90 Å². The van der Waals surface area contributed by atoms with Crippen molar-refractivity contribution in [3.8, 4) is 5.75 Å². The van der Waals surface area contributed by atoms with E-state index >= 15 is 0 Å². The van der Waals surface area contributed by atoms with Crippen molar-refractivity contribution in [3.63, 3.8) is 0 Å². The molecule has 132 valence electrons. The molecule has 5 nitrogen and oxygen atoms in total. The van der Waals surface area contributed by atoms with Crippen molar-refractivity contribution in [2.45, 2.75) is 12.8 Å². The van der Waals surface area contributed by atoms with Crippen LogP contribution in [0.2, 0.25) is 0 Å². The van der Waals surface area contributed by atoms with Crippen LogP contribution >= 0.6 is 11.3 Å². The van der Waals surface area contributed by atoms with E-state index in [1.54, 1.807) is 7.11 Å². The van der Waals surface area contributed by atoms with E-state index in [4.69, 9.17) is 4.74 Å². The lowest BCUT2D eigenvalue weighted by atomic mass is 10.1. The second-order valence-electron chi connectivity index (χ2n) is 5.94. The molecular weight excluding hydrogens is 336 g/mol. The van der Waals surface area contributed by atoms with Gasteiger partial charge in [0.05, 0.1) is 17.7 Å². The first-order valence-electron chi connectivity index (χ1n) is 8.41. The van der Waals surface area contributed by atoms with E-state index < -0.39 is 0 Å². The van der Waals surface area contributed by atoms with Crippen molar-refractivity contribution in [2.75, 3.05) is 38.2 Å². The molecular formula is C19H22N2O3S. The summed E-state index contributed by atoms with van der Waals surface area (Å²) in [7, 11) is 1.67. The predicted molar refractivity (Wildman–Crippen MR) is 99.7 cm³/mol. The Morgan fingerprint density at radius 1 is 1.04 bits per heavy atom. The van der Waals surface area contributed by atoms with Gasteiger partial charge in [-0.25, -0.2) is 0 Å². The van der Waals surface area contributed by atoms with Crippen molar-refractivity contribution >= 4 is 28.7 Å². The highest BCUT2D eigenvalue weighted by atomic mass is 32.1. The fourth-order valence-corrected chi connectivity index (χ4v) is 3.72. The Balaban J connectivity index is 1.50. The van der Waals surface area contributed by atoms with Crippen molar-refractivity contribution in [2.24, 2.45) is 0 Å². The van der Waals surface area contributed by atoms with Gasteiger partial charge in [0.15, 0.2) is 5.78 Å². The summed E-state index contributed by atoms with van der Waals surface area (Å²) in [5, 5.41) is 1.88. The van der Waals surface area contributed by atoms with Gasteiger partial charge in [0.2, 0.25) is 5.91 Å². The summed E-state index contributed by atoms with van der Waals surface area (Å²) in [6.07, 6.45) is 0.567. The van der Waals surface area contributed by atoms with Crippen LogP contribution in [0.15, 0.2) is 41.8 Å². The molecule has 1 amide bonds. The summed E-state index contributed by atoms with van der Waals surface area (Å²) in [4.78, 5) is 29.2. The standard InChI is InChI=1S/C19H22N2O3S/c1-24-17-6-3-2-5-15(17)20-10-12-21(13-11-20)19(23)9-8-16(22)18-7-4-14-25-18/h2-7,14H,8-13H2,1H3. The third kappa shape index (κ3) is 4.20. The quantitative estimate of drug-likeness (QED) is 0.745. The van der Waals surface area contributed by atoms with Crippen LogP contribution in [-0.2, 0) is 4.79 Å². The molecule has 0 spiro atoms. The Morgan fingerprint density at radius 2 is 1.80 bits per heavy atom. The van der Waals surface area contributed by atoms with E-state index in [1.165, 1.54) is 11.3 Å². The van der Waals surface area contributed by atoms with E-state index in [-0.39, 0.29) is 24.5 Å². The number of hydrogen-bond acceptors (Lipinski definition) is 5. The average molecular weight is 358 g/mol. The minimum absolute atomic E-state index is 0.0519. The number of anilines is 1. The number of piperazine rings is 1. The Kier molecular flexibility index (Phi) is 5.71. The molecule has 1 saturated heterocycles. The number of carbonyl (C=O) groups is 2. The summed E-state index contributed by atoms with van der Waals surface area (Å²) in [5.74, 6) is 0.962. The molecule has 0 radical (unpaired) electrons. The van der Waals surface area contributed by atoms with Gasteiger partial charge in [0.25, 0.3) is 0 Å². The molecule has 0 N–H and O–H groups in total. The monoisotopic (exact) mass is 358 g/mol. The van der Waals surface area contributed by atoms with E-state index in [0.29, 0.717) is 13.1 Å². The average Bonchev–Trinajstić information content (AvgIpc) is 3.21. The number of hydrogen-bond donors (Lipinski definition) is 0. The van der Waals surface area contributed by atoms with Crippen LogP contribution in [0.4, 0.5) is 5.69 Å². The number of ether oxygens (including phenoxy) is 1. The Hall–Kier alpha value is -2.34. The molecule has 0 aliphatic carbocycles. The van der Waals surface area contributed by atoms with Gasteiger partial charge >= 0.3 is 0 Å². The highest BCUT2D eigenvalue weighted by Gasteiger charge is 2.23. The van der Waals surface area contributed by atoms with E-state index in [1.807, 2.05) is 46.7 Å². The van der Waals surface area contributed by atoms with Crippen LogP contribution in [0.5, 0.6) is 5.75 Å². The second kappa shape index (κ2) is 8.16. The molecule has 2 aromatic rings. The number of thiophene rings is 1. The van der Waals surface area contributed by atoms with Gasteiger partial charge in [-0.2, -0.15) is 0 Å². The van der Waals surface area contributed by atoms with Crippen LogP contribution in [0.25, 0.3) is 0 Å². The lowest BCUT2D eigenvalue weighted by Crippen LogP contribution is -2.48. The number of amides is 1. The maximum Gasteiger partial charge on any atom is 0.223 e. The van der Waals surface area contributed by atoms with Gasteiger partial charge in [0.1, 0.15) is 5.75 Å². The first-order chi connectivity index (χ1) is 12.2. The first kappa shape index (κ1) is 17.5. The zero-order valence-electron chi connectivity index (χ0n) is 14.3. The van der Waals surface area contributed by atoms with Crippen LogP contribution in [0.1, 0.15) is 22.5 Å². The zero-order valence-corrected chi connectivity index (χ0v) is 15.1. The van der Waals surface area contributed by atoms with Gasteiger partial charge < -0.3 is 14.5 Å². The van der Waals surface area contributed by atoms with Crippen LogP contribution < -0.4 is 9.64 Å². The minimum atomic E-state index is 0.0519.